The minimum absolute atomic E-state index is 0.0381. The molecule has 0 radical (unpaired) electrons. The van der Waals surface area contributed by atoms with E-state index in [0.29, 0.717) is 17.5 Å². The smallest absolute Gasteiger partial charge is 0.309 e. The zero-order valence-electron chi connectivity index (χ0n) is 11.0. The second-order valence-electron chi connectivity index (χ2n) is 4.29. The van der Waals surface area contributed by atoms with Gasteiger partial charge in [-0.2, -0.15) is 5.10 Å². The predicted molar refractivity (Wildman–Crippen MR) is 70.2 cm³/mol. The highest BCUT2D eigenvalue weighted by atomic mass is 16.6. The number of hydrogen-bond acceptors (Lipinski definition) is 7. The molecule has 3 aromatic heterocycles. The lowest BCUT2D eigenvalue weighted by atomic mass is 10.3. The van der Waals surface area contributed by atoms with Crippen molar-refractivity contribution in [2.45, 2.75) is 13.5 Å². The van der Waals surface area contributed by atoms with Gasteiger partial charge >= 0.3 is 5.69 Å². The maximum atomic E-state index is 10.8. The summed E-state index contributed by atoms with van der Waals surface area (Å²) in [6, 6.07) is 3.50. The van der Waals surface area contributed by atoms with Gasteiger partial charge in [-0.05, 0) is 19.1 Å². The molecule has 3 heterocycles. The van der Waals surface area contributed by atoms with Gasteiger partial charge in [-0.1, -0.05) is 0 Å². The largest absolute Gasteiger partial charge is 0.419 e. The van der Waals surface area contributed by atoms with Gasteiger partial charge in [0.25, 0.3) is 0 Å². The van der Waals surface area contributed by atoms with Crippen LogP contribution in [0, 0.1) is 17.0 Å². The molecule has 106 valence electrons. The Hall–Kier alpha value is -3.10. The summed E-state index contributed by atoms with van der Waals surface area (Å²) < 4.78 is 6.90. The van der Waals surface area contributed by atoms with Crippen molar-refractivity contribution in [2.24, 2.45) is 0 Å². The Morgan fingerprint density at radius 2 is 2.10 bits per heavy atom. The second-order valence-corrected chi connectivity index (χ2v) is 4.29. The lowest BCUT2D eigenvalue weighted by Crippen LogP contribution is -2.00. The molecular weight excluding hydrogens is 276 g/mol. The van der Waals surface area contributed by atoms with Crippen LogP contribution >= 0.6 is 0 Å². The van der Waals surface area contributed by atoms with Gasteiger partial charge in [-0.15, -0.1) is 10.2 Å². The molecule has 0 aliphatic rings. The summed E-state index contributed by atoms with van der Waals surface area (Å²) in [6.45, 7) is 1.75. The molecule has 0 N–H and O–H groups in total. The minimum Gasteiger partial charge on any atom is -0.419 e. The Morgan fingerprint density at radius 3 is 2.76 bits per heavy atom. The molecule has 0 fully saturated rings. The van der Waals surface area contributed by atoms with E-state index in [-0.39, 0.29) is 12.2 Å². The molecule has 21 heavy (non-hydrogen) atoms. The molecule has 3 rings (SSSR count). The normalized spacial score (nSPS) is 10.7. The van der Waals surface area contributed by atoms with E-state index in [9.17, 15) is 10.1 Å². The zero-order valence-corrected chi connectivity index (χ0v) is 11.0. The highest BCUT2D eigenvalue weighted by Crippen LogP contribution is 2.18. The van der Waals surface area contributed by atoms with Crippen molar-refractivity contribution in [3.05, 3.63) is 52.4 Å². The van der Waals surface area contributed by atoms with Gasteiger partial charge in [0.05, 0.1) is 4.92 Å². The first kappa shape index (κ1) is 12.9. The average molecular weight is 286 g/mol. The SMILES string of the molecule is Cc1nn(Cc2nnc(-c3ccncc3)o2)cc1[N+](=O)[O-]. The topological polar surface area (TPSA) is 113 Å². The van der Waals surface area contributed by atoms with E-state index in [1.54, 1.807) is 31.5 Å². The van der Waals surface area contributed by atoms with Crippen LogP contribution in [0.4, 0.5) is 5.69 Å². The van der Waals surface area contributed by atoms with Gasteiger partial charge in [0.15, 0.2) is 0 Å². The number of aryl methyl sites for hydroxylation is 1. The average Bonchev–Trinajstić information content (AvgIpc) is 3.07. The van der Waals surface area contributed by atoms with Crippen LogP contribution in [0.5, 0.6) is 0 Å². The van der Waals surface area contributed by atoms with Crippen molar-refractivity contribution >= 4 is 5.69 Å². The van der Waals surface area contributed by atoms with E-state index < -0.39 is 4.92 Å². The van der Waals surface area contributed by atoms with Crippen LogP contribution in [0.2, 0.25) is 0 Å². The fourth-order valence-electron chi connectivity index (χ4n) is 1.83. The number of nitro groups is 1. The molecule has 0 amide bonds. The minimum atomic E-state index is -0.477. The summed E-state index contributed by atoms with van der Waals surface area (Å²) in [5.41, 5.74) is 1.06. The summed E-state index contributed by atoms with van der Waals surface area (Å²) in [7, 11) is 0. The highest BCUT2D eigenvalue weighted by molar-refractivity contribution is 5.50. The van der Waals surface area contributed by atoms with Crippen LogP contribution in [-0.2, 0) is 6.54 Å². The first-order valence-corrected chi connectivity index (χ1v) is 6.04. The summed E-state index contributed by atoms with van der Waals surface area (Å²) >= 11 is 0. The van der Waals surface area contributed by atoms with Gasteiger partial charge < -0.3 is 4.42 Å². The molecule has 0 aromatic carbocycles. The zero-order chi connectivity index (χ0) is 14.8. The van der Waals surface area contributed by atoms with Crippen molar-refractivity contribution in [2.75, 3.05) is 0 Å². The molecule has 0 saturated carbocycles. The Labute approximate surface area is 118 Å². The number of rotatable bonds is 4. The third-order valence-electron chi connectivity index (χ3n) is 2.81. The van der Waals surface area contributed by atoms with E-state index in [1.807, 2.05) is 0 Å². The summed E-state index contributed by atoms with van der Waals surface area (Å²) in [6.07, 6.45) is 4.59. The first-order valence-electron chi connectivity index (χ1n) is 6.04. The fourth-order valence-corrected chi connectivity index (χ4v) is 1.83. The molecule has 3 aromatic rings. The maximum absolute atomic E-state index is 10.8. The van der Waals surface area contributed by atoms with Crippen LogP contribution in [0.3, 0.4) is 0 Å². The Kier molecular flexibility index (Phi) is 3.14. The van der Waals surface area contributed by atoms with Crippen LogP contribution in [0.1, 0.15) is 11.6 Å². The lowest BCUT2D eigenvalue weighted by Gasteiger charge is -1.94. The van der Waals surface area contributed by atoms with E-state index in [0.717, 1.165) is 5.56 Å². The van der Waals surface area contributed by atoms with Gasteiger partial charge in [0.1, 0.15) is 18.4 Å². The number of nitrogens with zero attached hydrogens (tertiary/aromatic N) is 6. The molecule has 0 saturated heterocycles. The molecule has 0 unspecified atom stereocenters. The molecule has 0 aliphatic heterocycles. The Bertz CT molecular complexity index is 779. The van der Waals surface area contributed by atoms with Gasteiger partial charge in [-0.3, -0.25) is 19.8 Å². The van der Waals surface area contributed by atoms with Crippen LogP contribution < -0.4 is 0 Å². The quantitative estimate of drug-likeness (QED) is 0.528. The van der Waals surface area contributed by atoms with Crippen molar-refractivity contribution in [1.29, 1.82) is 0 Å². The standard InChI is InChI=1S/C12H10N6O3/c1-8-10(18(19)20)6-17(16-8)7-11-14-15-12(21-11)9-2-4-13-5-3-9/h2-6H,7H2,1H3. The predicted octanol–water partition coefficient (Wildman–Crippen LogP) is 1.59. The highest BCUT2D eigenvalue weighted by Gasteiger charge is 2.17. The Morgan fingerprint density at radius 1 is 1.33 bits per heavy atom. The third kappa shape index (κ3) is 2.61. The third-order valence-corrected chi connectivity index (χ3v) is 2.81. The van der Waals surface area contributed by atoms with Crippen LogP contribution in [0.15, 0.2) is 35.1 Å². The fraction of sp³-hybridized carbons (Fsp3) is 0.167. The van der Waals surface area contributed by atoms with Crippen molar-refractivity contribution in [3.63, 3.8) is 0 Å². The van der Waals surface area contributed by atoms with E-state index in [1.165, 1.54) is 10.9 Å². The van der Waals surface area contributed by atoms with Crippen molar-refractivity contribution in [1.82, 2.24) is 25.0 Å². The summed E-state index contributed by atoms with van der Waals surface area (Å²) in [5.74, 6) is 0.685. The van der Waals surface area contributed by atoms with Crippen LogP contribution in [0.25, 0.3) is 11.5 Å². The molecule has 9 heteroatoms. The van der Waals surface area contributed by atoms with E-state index in [2.05, 4.69) is 20.3 Å². The Balaban J connectivity index is 1.82. The van der Waals surface area contributed by atoms with Gasteiger partial charge in [0.2, 0.25) is 11.8 Å². The van der Waals surface area contributed by atoms with Crippen molar-refractivity contribution < 1.29 is 9.34 Å². The number of pyridine rings is 1. The molecule has 9 nitrogen and oxygen atoms in total. The van der Waals surface area contributed by atoms with E-state index in [4.69, 9.17) is 4.42 Å². The second kappa shape index (κ2) is 5.12. The van der Waals surface area contributed by atoms with Crippen LogP contribution in [-0.4, -0.2) is 29.9 Å². The van der Waals surface area contributed by atoms with E-state index >= 15 is 0 Å². The summed E-state index contributed by atoms with van der Waals surface area (Å²) in [5, 5.41) is 22.6. The molecular formula is C12H10N6O3. The first-order chi connectivity index (χ1) is 10.1. The lowest BCUT2D eigenvalue weighted by molar-refractivity contribution is -0.385. The summed E-state index contributed by atoms with van der Waals surface area (Å²) in [4.78, 5) is 14.2. The monoisotopic (exact) mass is 286 g/mol. The maximum Gasteiger partial charge on any atom is 0.309 e. The van der Waals surface area contributed by atoms with Gasteiger partial charge in [-0.25, -0.2) is 0 Å². The van der Waals surface area contributed by atoms with Gasteiger partial charge in [0, 0.05) is 18.0 Å². The number of aromatic nitrogens is 5. The molecule has 0 spiro atoms. The molecule has 0 bridgehead atoms. The molecule has 0 aliphatic carbocycles. The number of hydrogen-bond donors (Lipinski definition) is 0. The molecule has 0 atom stereocenters. The van der Waals surface area contributed by atoms with Crippen molar-refractivity contribution in [3.8, 4) is 11.5 Å².